The number of nitrogen functional groups attached to an aromatic ring is 1. The van der Waals surface area contributed by atoms with E-state index in [1.54, 1.807) is 16.9 Å². The van der Waals surface area contributed by atoms with Crippen LogP contribution in [-0.2, 0) is 13.1 Å². The first-order chi connectivity index (χ1) is 16.4. The standard InChI is InChI=1S/C23H32FN7O3/c1-3-4-16(5-6-32)27-22-21-19(28-23(25)29-22)9-26-31(21)11-15-7-14(10-30-12-17(33)13-30)18(24)8-20(15)34-2/h7-9,16-17,32-33H,3-6,10-13H2,1-2H3,(H3,25,27,28,29)/t16-/m0/s1. The lowest BCUT2D eigenvalue weighted by Gasteiger charge is -2.36. The molecule has 1 aliphatic rings. The fourth-order valence-electron chi connectivity index (χ4n) is 4.38. The van der Waals surface area contributed by atoms with Gasteiger partial charge < -0.3 is 26.0 Å². The molecule has 0 amide bonds. The van der Waals surface area contributed by atoms with Gasteiger partial charge in [-0.1, -0.05) is 13.3 Å². The number of hydrogen-bond donors (Lipinski definition) is 4. The number of aliphatic hydroxyl groups excluding tert-OH is 2. The number of nitrogens with zero attached hydrogens (tertiary/aromatic N) is 5. The summed E-state index contributed by atoms with van der Waals surface area (Å²) >= 11 is 0. The highest BCUT2D eigenvalue weighted by Gasteiger charge is 2.26. The summed E-state index contributed by atoms with van der Waals surface area (Å²) in [5, 5.41) is 26.9. The second kappa shape index (κ2) is 10.5. The number of benzene rings is 1. The van der Waals surface area contributed by atoms with Crippen molar-refractivity contribution in [1.29, 1.82) is 0 Å². The van der Waals surface area contributed by atoms with E-state index in [4.69, 9.17) is 10.5 Å². The molecule has 1 aliphatic heterocycles. The predicted molar refractivity (Wildman–Crippen MR) is 127 cm³/mol. The summed E-state index contributed by atoms with van der Waals surface area (Å²) < 4.78 is 21.9. The van der Waals surface area contributed by atoms with Gasteiger partial charge in [0, 0.05) is 49.5 Å². The number of ether oxygens (including phenoxy) is 1. The van der Waals surface area contributed by atoms with Crippen molar-refractivity contribution in [2.24, 2.45) is 0 Å². The molecule has 5 N–H and O–H groups in total. The second-order valence-corrected chi connectivity index (χ2v) is 8.71. The molecule has 0 bridgehead atoms. The number of nitrogens with one attached hydrogen (secondary N) is 1. The minimum absolute atomic E-state index is 0.0229. The normalized spacial score (nSPS) is 15.4. The molecule has 0 radical (unpaired) electrons. The van der Waals surface area contributed by atoms with Crippen LogP contribution in [-0.4, -0.2) is 73.8 Å². The molecule has 1 atom stereocenters. The first kappa shape index (κ1) is 24.1. The van der Waals surface area contributed by atoms with Crippen molar-refractivity contribution >= 4 is 22.8 Å². The van der Waals surface area contributed by atoms with Crippen molar-refractivity contribution in [1.82, 2.24) is 24.6 Å². The number of rotatable bonds is 11. The van der Waals surface area contributed by atoms with E-state index < -0.39 is 0 Å². The van der Waals surface area contributed by atoms with Crippen molar-refractivity contribution in [2.45, 2.75) is 51.4 Å². The van der Waals surface area contributed by atoms with E-state index in [0.29, 0.717) is 60.8 Å². The molecular formula is C23H32FN7O3. The van der Waals surface area contributed by atoms with Crippen molar-refractivity contribution in [3.8, 4) is 5.75 Å². The van der Waals surface area contributed by atoms with Gasteiger partial charge >= 0.3 is 0 Å². The number of halogens is 1. The van der Waals surface area contributed by atoms with Gasteiger partial charge in [-0.3, -0.25) is 9.58 Å². The Hall–Kier alpha value is -3.02. The van der Waals surface area contributed by atoms with E-state index in [9.17, 15) is 14.6 Å². The summed E-state index contributed by atoms with van der Waals surface area (Å²) in [5.41, 5.74) is 8.48. The summed E-state index contributed by atoms with van der Waals surface area (Å²) in [6.45, 7) is 3.93. The van der Waals surface area contributed by atoms with Crippen LogP contribution in [0.5, 0.6) is 5.75 Å². The average Bonchev–Trinajstić information content (AvgIpc) is 3.17. The molecule has 10 nitrogen and oxygen atoms in total. The maximum atomic E-state index is 14.7. The molecule has 4 rings (SSSR count). The van der Waals surface area contributed by atoms with Crippen LogP contribution in [0.2, 0.25) is 0 Å². The number of aliphatic hydroxyl groups is 2. The number of anilines is 2. The van der Waals surface area contributed by atoms with Crippen molar-refractivity contribution in [2.75, 3.05) is 37.9 Å². The lowest BCUT2D eigenvalue weighted by Crippen LogP contribution is -2.49. The van der Waals surface area contributed by atoms with Gasteiger partial charge in [0.1, 0.15) is 22.6 Å². The molecule has 0 aliphatic carbocycles. The SMILES string of the molecule is CCC[C@@H](CCO)Nc1nc(N)nc2cnn(Cc3cc(CN4CC(O)C4)c(F)cc3OC)c12. The fraction of sp³-hybridized carbons (Fsp3) is 0.522. The molecule has 0 unspecified atom stereocenters. The van der Waals surface area contributed by atoms with Gasteiger partial charge in [-0.15, -0.1) is 0 Å². The number of aromatic nitrogens is 4. The molecule has 3 aromatic rings. The molecule has 1 fully saturated rings. The van der Waals surface area contributed by atoms with Crippen LogP contribution in [0.3, 0.4) is 0 Å². The third-order valence-corrected chi connectivity index (χ3v) is 6.06. The molecular weight excluding hydrogens is 441 g/mol. The zero-order valence-corrected chi connectivity index (χ0v) is 19.5. The van der Waals surface area contributed by atoms with Crippen molar-refractivity contribution in [3.05, 3.63) is 35.3 Å². The zero-order chi connectivity index (χ0) is 24.2. The summed E-state index contributed by atoms with van der Waals surface area (Å²) in [7, 11) is 1.51. The van der Waals surface area contributed by atoms with Gasteiger partial charge in [-0.2, -0.15) is 10.1 Å². The Bertz CT molecular complexity index is 1130. The van der Waals surface area contributed by atoms with E-state index >= 15 is 0 Å². The molecule has 0 spiro atoms. The number of hydrogen-bond acceptors (Lipinski definition) is 9. The molecule has 11 heteroatoms. The largest absolute Gasteiger partial charge is 0.496 e. The Labute approximate surface area is 197 Å². The van der Waals surface area contributed by atoms with Crippen LogP contribution in [0, 0.1) is 5.82 Å². The van der Waals surface area contributed by atoms with Crippen LogP contribution in [0.1, 0.15) is 37.3 Å². The van der Waals surface area contributed by atoms with Crippen LogP contribution < -0.4 is 15.8 Å². The Morgan fingerprint density at radius 2 is 2.03 bits per heavy atom. The highest BCUT2D eigenvalue weighted by Crippen LogP contribution is 2.29. The van der Waals surface area contributed by atoms with Crippen LogP contribution >= 0.6 is 0 Å². The minimum Gasteiger partial charge on any atom is -0.496 e. The quantitative estimate of drug-likeness (QED) is 0.328. The Kier molecular flexibility index (Phi) is 7.44. The smallest absolute Gasteiger partial charge is 0.222 e. The highest BCUT2D eigenvalue weighted by atomic mass is 19.1. The van der Waals surface area contributed by atoms with E-state index in [1.807, 2.05) is 4.90 Å². The molecule has 0 saturated carbocycles. The summed E-state index contributed by atoms with van der Waals surface area (Å²) in [6, 6.07) is 3.19. The number of β-amino-alcohol motifs (C(OH)–C–C–N with tert-alkyl or cyclic N) is 1. The van der Waals surface area contributed by atoms with E-state index in [2.05, 4.69) is 27.3 Å². The third kappa shape index (κ3) is 5.21. The number of likely N-dealkylation sites (tertiary alicyclic amines) is 1. The lowest BCUT2D eigenvalue weighted by atomic mass is 10.1. The topological polar surface area (TPSA) is 135 Å². The highest BCUT2D eigenvalue weighted by molar-refractivity contribution is 5.86. The van der Waals surface area contributed by atoms with Gasteiger partial charge in [-0.25, -0.2) is 9.37 Å². The first-order valence-electron chi connectivity index (χ1n) is 11.5. The Morgan fingerprint density at radius 1 is 1.24 bits per heavy atom. The van der Waals surface area contributed by atoms with Gasteiger partial charge in [0.15, 0.2) is 5.82 Å². The fourth-order valence-corrected chi connectivity index (χ4v) is 4.38. The summed E-state index contributed by atoms with van der Waals surface area (Å²) in [6.07, 6.45) is 3.66. The Morgan fingerprint density at radius 3 is 2.71 bits per heavy atom. The molecule has 184 valence electrons. The van der Waals surface area contributed by atoms with E-state index in [1.165, 1.54) is 13.2 Å². The predicted octanol–water partition coefficient (Wildman–Crippen LogP) is 1.74. The maximum Gasteiger partial charge on any atom is 0.222 e. The lowest BCUT2D eigenvalue weighted by molar-refractivity contribution is -0.00344. The maximum absolute atomic E-state index is 14.7. The van der Waals surface area contributed by atoms with Gasteiger partial charge in [0.2, 0.25) is 5.95 Å². The van der Waals surface area contributed by atoms with Crippen LogP contribution in [0.4, 0.5) is 16.2 Å². The molecule has 34 heavy (non-hydrogen) atoms. The Balaban J connectivity index is 1.67. The van der Waals surface area contributed by atoms with Gasteiger partial charge in [-0.05, 0) is 18.9 Å². The van der Waals surface area contributed by atoms with Crippen LogP contribution in [0.25, 0.3) is 11.0 Å². The van der Waals surface area contributed by atoms with E-state index in [-0.39, 0.29) is 30.5 Å². The minimum atomic E-state index is -0.350. The summed E-state index contributed by atoms with van der Waals surface area (Å²) in [4.78, 5) is 10.7. The first-order valence-corrected chi connectivity index (χ1v) is 11.5. The third-order valence-electron chi connectivity index (χ3n) is 6.06. The van der Waals surface area contributed by atoms with E-state index in [0.717, 1.165) is 18.4 Å². The number of nitrogens with two attached hydrogens (primary N) is 1. The molecule has 1 aromatic carbocycles. The second-order valence-electron chi connectivity index (χ2n) is 8.71. The van der Waals surface area contributed by atoms with Gasteiger partial charge in [0.25, 0.3) is 0 Å². The monoisotopic (exact) mass is 473 g/mol. The zero-order valence-electron chi connectivity index (χ0n) is 19.5. The molecule has 1 saturated heterocycles. The van der Waals surface area contributed by atoms with Crippen molar-refractivity contribution < 1.29 is 19.3 Å². The summed E-state index contributed by atoms with van der Waals surface area (Å²) in [5.74, 6) is 0.746. The van der Waals surface area contributed by atoms with Crippen molar-refractivity contribution in [3.63, 3.8) is 0 Å². The van der Waals surface area contributed by atoms with Crippen LogP contribution in [0.15, 0.2) is 18.3 Å². The van der Waals surface area contributed by atoms with Gasteiger partial charge in [0.05, 0.1) is 26.0 Å². The number of fused-ring (bicyclic) bond motifs is 1. The number of methoxy groups -OCH3 is 1. The molecule has 2 aromatic heterocycles. The molecule has 3 heterocycles. The average molecular weight is 474 g/mol.